The van der Waals surface area contributed by atoms with Crippen LogP contribution in [0.3, 0.4) is 0 Å². The quantitative estimate of drug-likeness (QED) is 0.0912. The van der Waals surface area contributed by atoms with Crippen LogP contribution in [0.25, 0.3) is 11.3 Å². The van der Waals surface area contributed by atoms with E-state index in [9.17, 15) is 24.0 Å². The van der Waals surface area contributed by atoms with Gasteiger partial charge in [-0.3, -0.25) is 34.0 Å². The molecule has 3 aromatic heterocycles. The van der Waals surface area contributed by atoms with Gasteiger partial charge in [0.1, 0.15) is 6.04 Å². The van der Waals surface area contributed by atoms with Crippen molar-refractivity contribution < 1.29 is 24.0 Å². The first-order valence-electron chi connectivity index (χ1n) is 18.6. The van der Waals surface area contributed by atoms with E-state index in [-0.39, 0.29) is 61.8 Å². The monoisotopic (exact) mass is 779 g/mol. The predicted octanol–water partition coefficient (Wildman–Crippen LogP) is 1.64. The highest BCUT2D eigenvalue weighted by atomic mass is 35.5. The number of piperidine rings is 1. The topological polar surface area (TPSA) is 204 Å². The number of thiophene rings is 1. The molecule has 0 bridgehead atoms. The molecule has 3 fully saturated rings. The van der Waals surface area contributed by atoms with Gasteiger partial charge in [-0.2, -0.15) is 5.10 Å². The second kappa shape index (κ2) is 16.9. The van der Waals surface area contributed by atoms with Crippen LogP contribution in [0.1, 0.15) is 77.2 Å². The molecule has 54 heavy (non-hydrogen) atoms. The molecule has 5 heterocycles. The van der Waals surface area contributed by atoms with Crippen molar-refractivity contribution in [2.24, 2.45) is 13.0 Å². The Balaban J connectivity index is 0.743. The molecule has 0 aromatic carbocycles. The summed E-state index contributed by atoms with van der Waals surface area (Å²) >= 11 is 7.85. The van der Waals surface area contributed by atoms with Crippen LogP contribution in [0.2, 0.25) is 5.02 Å². The lowest BCUT2D eigenvalue weighted by Gasteiger charge is -2.29. The molecule has 2 aliphatic carbocycles. The van der Waals surface area contributed by atoms with Crippen molar-refractivity contribution in [1.82, 2.24) is 51.2 Å². The zero-order chi connectivity index (χ0) is 37.8. The third kappa shape index (κ3) is 9.25. The van der Waals surface area contributed by atoms with Crippen molar-refractivity contribution in [3.8, 4) is 11.3 Å². The van der Waals surface area contributed by atoms with Gasteiger partial charge in [0.05, 0.1) is 47.6 Å². The molecule has 288 valence electrons. The molecular weight excluding hydrogens is 734 g/mol. The lowest BCUT2D eigenvalue weighted by Crippen LogP contribution is -2.52. The highest BCUT2D eigenvalue weighted by Gasteiger charge is 2.40. The highest BCUT2D eigenvalue weighted by Crippen LogP contribution is 2.37. The zero-order valence-corrected chi connectivity index (χ0v) is 31.8. The molecule has 16 nitrogen and oxygen atoms in total. The summed E-state index contributed by atoms with van der Waals surface area (Å²) in [5.41, 5.74) is 3.64. The van der Waals surface area contributed by atoms with Crippen molar-refractivity contribution in [2.45, 2.75) is 89.0 Å². The van der Waals surface area contributed by atoms with Gasteiger partial charge in [-0.05, 0) is 68.9 Å². The minimum absolute atomic E-state index is 0.0893. The minimum atomic E-state index is -0.644. The molecule has 2 aliphatic heterocycles. The SMILES string of the molecule is Cn1ncc(-c2nc(N[C@H]3CC[C@H](NCC(=O)NCCNCC(=O)NCc4cc5c(s4)C(=O)N(C4CCC(=O)NC4=O)C5)CC3)ncc2Cl)c1CC1CC1. The van der Waals surface area contributed by atoms with Crippen LogP contribution < -0.4 is 31.9 Å². The third-order valence-electron chi connectivity index (χ3n) is 10.5. The highest BCUT2D eigenvalue weighted by molar-refractivity contribution is 7.14. The fourth-order valence-electron chi connectivity index (χ4n) is 7.28. The van der Waals surface area contributed by atoms with E-state index in [0.29, 0.717) is 53.5 Å². The molecule has 0 radical (unpaired) electrons. The molecule has 18 heteroatoms. The Morgan fingerprint density at radius 2 is 1.76 bits per heavy atom. The van der Waals surface area contributed by atoms with E-state index < -0.39 is 11.9 Å². The van der Waals surface area contributed by atoms with E-state index in [0.717, 1.165) is 53.8 Å². The van der Waals surface area contributed by atoms with Crippen LogP contribution in [0.4, 0.5) is 5.95 Å². The first-order valence-corrected chi connectivity index (χ1v) is 19.8. The van der Waals surface area contributed by atoms with E-state index in [1.54, 1.807) is 6.20 Å². The zero-order valence-electron chi connectivity index (χ0n) is 30.2. The van der Waals surface area contributed by atoms with Crippen molar-refractivity contribution in [1.29, 1.82) is 0 Å². The normalized spacial score (nSPS) is 21.2. The lowest BCUT2D eigenvalue weighted by molar-refractivity contribution is -0.137. The van der Waals surface area contributed by atoms with Crippen LogP contribution in [0.15, 0.2) is 18.5 Å². The number of nitrogens with one attached hydrogen (secondary N) is 6. The lowest BCUT2D eigenvalue weighted by atomic mass is 9.91. The molecule has 5 amide bonds. The molecule has 3 aromatic rings. The summed E-state index contributed by atoms with van der Waals surface area (Å²) in [6, 6.07) is 1.70. The van der Waals surface area contributed by atoms with Crippen LogP contribution in [0, 0.1) is 5.92 Å². The van der Waals surface area contributed by atoms with Gasteiger partial charge in [-0.15, -0.1) is 11.3 Å². The number of aromatic nitrogens is 4. The predicted molar refractivity (Wildman–Crippen MR) is 201 cm³/mol. The third-order valence-corrected chi connectivity index (χ3v) is 11.9. The van der Waals surface area contributed by atoms with Gasteiger partial charge in [0, 0.05) is 61.3 Å². The van der Waals surface area contributed by atoms with E-state index in [4.69, 9.17) is 16.6 Å². The van der Waals surface area contributed by atoms with Gasteiger partial charge >= 0.3 is 0 Å². The number of hydrogen-bond acceptors (Lipinski definition) is 12. The first kappa shape index (κ1) is 37.8. The van der Waals surface area contributed by atoms with Crippen molar-refractivity contribution in [3.05, 3.63) is 44.5 Å². The van der Waals surface area contributed by atoms with Crippen LogP contribution in [-0.2, 0) is 45.7 Å². The van der Waals surface area contributed by atoms with Gasteiger partial charge in [0.2, 0.25) is 29.6 Å². The standard InChI is InChI=1S/C36H46ClN11O5S/c1-47-28(12-20-2-3-20)25(15-43-47)32-26(37)16-42-36(46-32)44-23-6-4-22(5-7-23)40-18-31(51)39-11-10-38-17-30(50)41-14-24-13-21-19-48(35(53)33(21)54-24)27-8-9-29(49)45-34(27)52/h13,15-16,20,22-23,27,38,40H,2-12,14,17-19H2,1H3,(H,39,51)(H,41,50)(H,42,44,46)(H,45,49,52)/t22-,23-,27?. The van der Waals surface area contributed by atoms with Crippen LogP contribution in [-0.4, -0.2) is 98.5 Å². The number of carbonyl (C=O) groups excluding carboxylic acids is 5. The molecule has 6 N–H and O–H groups in total. The maximum Gasteiger partial charge on any atom is 0.265 e. The van der Waals surface area contributed by atoms with E-state index >= 15 is 0 Å². The van der Waals surface area contributed by atoms with Gasteiger partial charge < -0.3 is 31.5 Å². The number of fused-ring (bicyclic) bond motifs is 1. The number of amides is 5. The molecular formula is C36H46ClN11O5S. The summed E-state index contributed by atoms with van der Waals surface area (Å²) in [6.07, 6.45) is 11.2. The summed E-state index contributed by atoms with van der Waals surface area (Å²) in [7, 11) is 1.96. The second-order valence-corrected chi connectivity index (χ2v) is 16.1. The van der Waals surface area contributed by atoms with Crippen molar-refractivity contribution in [2.75, 3.05) is 31.5 Å². The average Bonchev–Trinajstić information content (AvgIpc) is 3.67. The number of imide groups is 1. The van der Waals surface area contributed by atoms with Crippen molar-refractivity contribution in [3.63, 3.8) is 0 Å². The van der Waals surface area contributed by atoms with Gasteiger partial charge in [0.15, 0.2) is 0 Å². The van der Waals surface area contributed by atoms with E-state index in [1.807, 2.05) is 24.0 Å². The maximum absolute atomic E-state index is 12.9. The van der Waals surface area contributed by atoms with Gasteiger partial charge in [0.25, 0.3) is 5.91 Å². The summed E-state index contributed by atoms with van der Waals surface area (Å²) in [5, 5.41) is 22.9. The number of halogens is 1. The fourth-order valence-corrected chi connectivity index (χ4v) is 8.54. The average molecular weight is 780 g/mol. The van der Waals surface area contributed by atoms with Gasteiger partial charge in [-0.25, -0.2) is 9.97 Å². The van der Waals surface area contributed by atoms with Gasteiger partial charge in [-0.1, -0.05) is 11.6 Å². The molecule has 2 saturated carbocycles. The number of anilines is 1. The largest absolute Gasteiger partial charge is 0.354 e. The Hall–Kier alpha value is -4.45. The second-order valence-electron chi connectivity index (χ2n) is 14.5. The molecule has 1 atom stereocenters. The Morgan fingerprint density at radius 1 is 0.981 bits per heavy atom. The fraction of sp³-hybridized carbons (Fsp3) is 0.556. The minimum Gasteiger partial charge on any atom is -0.354 e. The Morgan fingerprint density at radius 3 is 2.52 bits per heavy atom. The number of carbonyl (C=O) groups is 5. The Kier molecular flexibility index (Phi) is 11.9. The number of aryl methyl sites for hydroxylation is 1. The summed E-state index contributed by atoms with van der Waals surface area (Å²) in [5.74, 6) is -0.00973. The first-order chi connectivity index (χ1) is 26.1. The van der Waals surface area contributed by atoms with E-state index in [2.05, 4.69) is 42.0 Å². The number of hydrogen-bond donors (Lipinski definition) is 6. The number of rotatable bonds is 16. The Bertz CT molecular complexity index is 1900. The van der Waals surface area contributed by atoms with Crippen molar-refractivity contribution >= 4 is 58.4 Å². The van der Waals surface area contributed by atoms with Crippen LogP contribution >= 0.6 is 22.9 Å². The maximum atomic E-state index is 12.9. The summed E-state index contributed by atoms with van der Waals surface area (Å²) < 4.78 is 1.92. The number of nitrogens with zero attached hydrogens (tertiary/aromatic N) is 5. The summed E-state index contributed by atoms with van der Waals surface area (Å²) in [4.78, 5) is 73.6. The van der Waals surface area contributed by atoms with E-state index in [1.165, 1.54) is 29.1 Å². The molecule has 1 saturated heterocycles. The molecule has 7 rings (SSSR count). The smallest absolute Gasteiger partial charge is 0.265 e. The molecule has 4 aliphatic rings. The Labute approximate surface area is 322 Å². The molecule has 1 unspecified atom stereocenters. The van der Waals surface area contributed by atoms with Crippen LogP contribution in [0.5, 0.6) is 0 Å². The summed E-state index contributed by atoms with van der Waals surface area (Å²) in [6.45, 7) is 1.73. The molecule has 0 spiro atoms.